The molecule has 6 heteroatoms. The summed E-state index contributed by atoms with van der Waals surface area (Å²) in [6, 6.07) is 6.03. The van der Waals surface area contributed by atoms with Crippen LogP contribution in [0.25, 0.3) is 0 Å². The predicted octanol–water partition coefficient (Wildman–Crippen LogP) is 3.01. The van der Waals surface area contributed by atoms with Crippen LogP contribution in [0.2, 0.25) is 0 Å². The van der Waals surface area contributed by atoms with E-state index in [0.717, 1.165) is 47.6 Å². The molecule has 4 rings (SSSR count). The van der Waals surface area contributed by atoms with E-state index in [-0.39, 0.29) is 6.10 Å². The number of rotatable bonds is 1. The quantitative estimate of drug-likeness (QED) is 0.817. The molecule has 0 aliphatic carbocycles. The van der Waals surface area contributed by atoms with Gasteiger partial charge in [-0.05, 0) is 38.0 Å². The number of hydrogen-bond donors (Lipinski definition) is 1. The molecule has 0 aromatic heterocycles. The van der Waals surface area contributed by atoms with Crippen molar-refractivity contribution in [3.05, 3.63) is 28.2 Å². The second-order valence-electron chi connectivity index (χ2n) is 6.49. The summed E-state index contributed by atoms with van der Waals surface area (Å²) in [6.07, 6.45) is 2.96. The van der Waals surface area contributed by atoms with E-state index in [4.69, 9.17) is 25.2 Å². The monoisotopic (exact) mass is 377 g/mol. The zero-order valence-electron chi connectivity index (χ0n) is 13.1. The predicted molar refractivity (Wildman–Crippen MR) is 93.1 cm³/mol. The zero-order chi connectivity index (χ0) is 16.0. The summed E-state index contributed by atoms with van der Waals surface area (Å²) in [6.45, 7) is 3.51. The summed E-state index contributed by atoms with van der Waals surface area (Å²) >= 11 is 3.54. The van der Waals surface area contributed by atoms with Gasteiger partial charge in [-0.3, -0.25) is 4.99 Å². The van der Waals surface area contributed by atoms with Gasteiger partial charge in [-0.15, -0.1) is 0 Å². The van der Waals surface area contributed by atoms with E-state index in [9.17, 15) is 0 Å². The van der Waals surface area contributed by atoms with Gasteiger partial charge in [-0.25, -0.2) is 4.99 Å². The average Bonchev–Trinajstić information content (AvgIpc) is 2.83. The van der Waals surface area contributed by atoms with E-state index in [0.29, 0.717) is 18.2 Å². The molecule has 0 unspecified atom stereocenters. The molecular formula is C17H20BrN3O2. The lowest BCUT2D eigenvalue weighted by molar-refractivity contribution is -0.0166. The fraction of sp³-hybridized carbons (Fsp3) is 0.529. The van der Waals surface area contributed by atoms with Gasteiger partial charge in [0.05, 0.1) is 12.3 Å². The molecule has 1 aromatic carbocycles. The van der Waals surface area contributed by atoms with E-state index >= 15 is 0 Å². The Morgan fingerprint density at radius 1 is 1.35 bits per heavy atom. The van der Waals surface area contributed by atoms with Crippen LogP contribution in [0.15, 0.2) is 32.7 Å². The minimum Gasteiger partial charge on any atom is -0.489 e. The van der Waals surface area contributed by atoms with Crippen molar-refractivity contribution in [2.45, 2.75) is 38.0 Å². The van der Waals surface area contributed by atoms with Gasteiger partial charge in [-0.2, -0.15) is 0 Å². The van der Waals surface area contributed by atoms with Gasteiger partial charge in [-0.1, -0.05) is 15.9 Å². The van der Waals surface area contributed by atoms with Crippen LogP contribution >= 0.6 is 15.9 Å². The highest BCUT2D eigenvalue weighted by atomic mass is 79.9. The first kappa shape index (κ1) is 15.1. The lowest BCUT2D eigenvalue weighted by Gasteiger charge is -2.40. The number of amidine groups is 1. The summed E-state index contributed by atoms with van der Waals surface area (Å²) in [5, 5.41) is 0. The molecule has 1 fully saturated rings. The van der Waals surface area contributed by atoms with Crippen LogP contribution in [0.3, 0.4) is 0 Å². The number of hydrogen-bond acceptors (Lipinski definition) is 5. The molecule has 0 bridgehead atoms. The number of aliphatic imine (C=N–C) groups is 2. The van der Waals surface area contributed by atoms with Gasteiger partial charge >= 0.3 is 0 Å². The third-order valence-corrected chi connectivity index (χ3v) is 5.38. The number of halogens is 1. The lowest BCUT2D eigenvalue weighted by Crippen LogP contribution is -2.42. The highest BCUT2D eigenvalue weighted by Crippen LogP contribution is 2.48. The number of fused-ring (bicyclic) bond motifs is 2. The molecule has 3 heterocycles. The summed E-state index contributed by atoms with van der Waals surface area (Å²) in [4.78, 5) is 9.57. The van der Waals surface area contributed by atoms with Crippen molar-refractivity contribution >= 4 is 27.5 Å². The highest BCUT2D eigenvalue weighted by Gasteiger charge is 2.47. The maximum Gasteiger partial charge on any atom is 0.185 e. The van der Waals surface area contributed by atoms with Crippen LogP contribution in [0, 0.1) is 5.92 Å². The Morgan fingerprint density at radius 2 is 2.22 bits per heavy atom. The first-order valence-corrected chi connectivity index (χ1v) is 8.83. The molecule has 122 valence electrons. The Kier molecular flexibility index (Phi) is 3.69. The Hall–Kier alpha value is -1.40. The molecule has 1 spiro atoms. The first-order valence-electron chi connectivity index (χ1n) is 8.04. The van der Waals surface area contributed by atoms with Gasteiger partial charge in [0.1, 0.15) is 17.7 Å². The maximum atomic E-state index is 6.30. The molecular weight excluding hydrogens is 358 g/mol. The van der Waals surface area contributed by atoms with Gasteiger partial charge < -0.3 is 15.2 Å². The average molecular weight is 378 g/mol. The summed E-state index contributed by atoms with van der Waals surface area (Å²) in [7, 11) is 0. The van der Waals surface area contributed by atoms with Crippen molar-refractivity contribution in [2.75, 3.05) is 13.2 Å². The smallest absolute Gasteiger partial charge is 0.185 e. The van der Waals surface area contributed by atoms with E-state index < -0.39 is 5.66 Å². The third kappa shape index (κ3) is 2.58. The topological polar surface area (TPSA) is 69.2 Å². The summed E-state index contributed by atoms with van der Waals surface area (Å²) in [5.74, 6) is 1.76. The Morgan fingerprint density at radius 3 is 2.91 bits per heavy atom. The van der Waals surface area contributed by atoms with Crippen LogP contribution in [0.1, 0.15) is 31.7 Å². The number of nitrogens with two attached hydrogens (primary N) is 1. The van der Waals surface area contributed by atoms with E-state index in [1.807, 2.05) is 25.1 Å². The van der Waals surface area contributed by atoms with Crippen LogP contribution in [0.4, 0.5) is 0 Å². The Labute approximate surface area is 144 Å². The van der Waals surface area contributed by atoms with Crippen LogP contribution < -0.4 is 10.5 Å². The SMILES string of the molecule is CC1=N[C@]2(C[C@H]([C@H]3CCCOC3)Oc3ccc(Br)cc32)N=C1N. The van der Waals surface area contributed by atoms with Crippen molar-refractivity contribution in [1.82, 2.24) is 0 Å². The van der Waals surface area contributed by atoms with Crippen LogP contribution in [0.5, 0.6) is 5.75 Å². The molecule has 0 amide bonds. The molecule has 0 radical (unpaired) electrons. The van der Waals surface area contributed by atoms with Crippen molar-refractivity contribution in [1.29, 1.82) is 0 Å². The number of ether oxygens (including phenoxy) is 2. The zero-order valence-corrected chi connectivity index (χ0v) is 14.7. The minimum atomic E-state index is -0.645. The normalized spacial score (nSPS) is 33.0. The van der Waals surface area contributed by atoms with E-state index in [2.05, 4.69) is 15.9 Å². The molecule has 2 N–H and O–H groups in total. The van der Waals surface area contributed by atoms with E-state index in [1.165, 1.54) is 0 Å². The number of benzene rings is 1. The van der Waals surface area contributed by atoms with Crippen LogP contribution in [-0.2, 0) is 10.4 Å². The highest BCUT2D eigenvalue weighted by molar-refractivity contribution is 9.10. The molecule has 1 aromatic rings. The van der Waals surface area contributed by atoms with Crippen molar-refractivity contribution < 1.29 is 9.47 Å². The molecule has 23 heavy (non-hydrogen) atoms. The molecule has 3 aliphatic heterocycles. The Balaban J connectivity index is 1.77. The molecule has 5 nitrogen and oxygen atoms in total. The van der Waals surface area contributed by atoms with Gasteiger partial charge in [0.25, 0.3) is 0 Å². The lowest BCUT2D eigenvalue weighted by atomic mass is 9.83. The molecule has 0 saturated carbocycles. The summed E-state index contributed by atoms with van der Waals surface area (Å²) in [5.41, 5.74) is 7.19. The summed E-state index contributed by atoms with van der Waals surface area (Å²) < 4.78 is 12.9. The molecule has 3 aliphatic rings. The Bertz CT molecular complexity index is 677. The number of nitrogens with zero attached hydrogens (tertiary/aromatic N) is 2. The van der Waals surface area contributed by atoms with Gasteiger partial charge in [0, 0.05) is 29.0 Å². The largest absolute Gasteiger partial charge is 0.489 e. The fourth-order valence-electron chi connectivity index (χ4n) is 3.69. The van der Waals surface area contributed by atoms with Gasteiger partial charge in [0.15, 0.2) is 5.66 Å². The maximum absolute atomic E-state index is 6.30. The van der Waals surface area contributed by atoms with Crippen molar-refractivity contribution in [2.24, 2.45) is 21.6 Å². The first-order chi connectivity index (χ1) is 11.1. The van der Waals surface area contributed by atoms with Crippen molar-refractivity contribution in [3.63, 3.8) is 0 Å². The van der Waals surface area contributed by atoms with Crippen molar-refractivity contribution in [3.8, 4) is 5.75 Å². The van der Waals surface area contributed by atoms with Gasteiger partial charge in [0.2, 0.25) is 0 Å². The standard InChI is InChI=1S/C17H20BrN3O2/c1-10-16(19)21-17(20-10)8-15(11-3-2-6-22-9-11)23-14-5-4-12(18)7-13(14)17/h4-5,7,11,15H,2-3,6,8-9H2,1H3,(H2,19,21)/t11-,15+,17+/m0/s1. The minimum absolute atomic E-state index is 0.0511. The van der Waals surface area contributed by atoms with Crippen LogP contribution in [-0.4, -0.2) is 30.9 Å². The molecule has 3 atom stereocenters. The second-order valence-corrected chi connectivity index (χ2v) is 7.40. The van der Waals surface area contributed by atoms with E-state index in [1.54, 1.807) is 0 Å². The fourth-order valence-corrected chi connectivity index (χ4v) is 4.05. The second kappa shape index (κ2) is 5.60. The molecule has 1 saturated heterocycles. The third-order valence-electron chi connectivity index (χ3n) is 4.89.